The van der Waals surface area contributed by atoms with Gasteiger partial charge in [-0.3, -0.25) is 13.8 Å². The molecule has 0 radical (unpaired) electrons. The molecule has 0 saturated heterocycles. The Labute approximate surface area is 399 Å². The number of phosphoric ester groups is 1. The molecule has 0 aromatic rings. The van der Waals surface area contributed by atoms with Gasteiger partial charge in [-0.1, -0.05) is 277 Å². The molecule has 0 aromatic carbocycles. The van der Waals surface area contributed by atoms with Crippen LogP contribution < -0.4 is 5.32 Å². The van der Waals surface area contributed by atoms with Crippen LogP contribution >= 0.6 is 7.82 Å². The summed E-state index contributed by atoms with van der Waals surface area (Å²) in [5.41, 5.74) is 0. The van der Waals surface area contributed by atoms with Gasteiger partial charge in [0, 0.05) is 6.42 Å². The fraction of sp³-hybridized carbons (Fsp3) is 0.982. The number of carbonyl (C=O) groups is 1. The highest BCUT2D eigenvalue weighted by molar-refractivity contribution is 7.47. The first-order chi connectivity index (χ1) is 31.0. The third kappa shape index (κ3) is 49.4. The zero-order valence-electron chi connectivity index (χ0n) is 43.8. The minimum atomic E-state index is -4.30. The number of unbranched alkanes of at least 4 members (excludes halogenated alkanes) is 40. The predicted molar refractivity (Wildman–Crippen MR) is 277 cm³/mol. The highest BCUT2D eigenvalue weighted by Crippen LogP contribution is 2.43. The topological polar surface area (TPSA) is 105 Å². The second-order valence-electron chi connectivity index (χ2n) is 21.0. The number of aliphatic hydroxyl groups excluding tert-OH is 1. The Morgan fingerprint density at radius 3 is 1.05 bits per heavy atom. The van der Waals surface area contributed by atoms with Gasteiger partial charge in [-0.15, -0.1) is 0 Å². The SMILES string of the molecule is CCCCCCCCCCCCCCCCCCCCCCCCCCCCCCCCCCCCCCC(=O)NC(COP(=O)(O)OCC[N+](C)(C)C)C(O)CCCCCCCC. The van der Waals surface area contributed by atoms with Gasteiger partial charge in [-0.25, -0.2) is 4.57 Å². The number of phosphoric acid groups is 1. The highest BCUT2D eigenvalue weighted by Gasteiger charge is 2.28. The summed E-state index contributed by atoms with van der Waals surface area (Å²) in [7, 11) is 1.63. The van der Waals surface area contributed by atoms with Crippen LogP contribution in [0.2, 0.25) is 0 Å². The minimum Gasteiger partial charge on any atom is -0.391 e. The van der Waals surface area contributed by atoms with Crippen LogP contribution in [0.4, 0.5) is 0 Å². The smallest absolute Gasteiger partial charge is 0.391 e. The maximum absolute atomic E-state index is 12.9. The molecule has 0 aliphatic rings. The van der Waals surface area contributed by atoms with Crippen LogP contribution in [-0.4, -0.2) is 73.4 Å². The van der Waals surface area contributed by atoms with Gasteiger partial charge in [0.15, 0.2) is 0 Å². The third-order valence-electron chi connectivity index (χ3n) is 13.4. The van der Waals surface area contributed by atoms with E-state index in [-0.39, 0.29) is 19.1 Å². The normalized spacial score (nSPS) is 13.9. The molecular formula is C55H114N2O6P+. The zero-order valence-corrected chi connectivity index (χ0v) is 44.7. The van der Waals surface area contributed by atoms with Gasteiger partial charge in [-0.2, -0.15) is 0 Å². The van der Waals surface area contributed by atoms with E-state index in [1.807, 2.05) is 21.1 Å². The van der Waals surface area contributed by atoms with Crippen LogP contribution in [0.15, 0.2) is 0 Å². The number of hydrogen-bond acceptors (Lipinski definition) is 5. The molecule has 3 N–H and O–H groups in total. The summed E-state index contributed by atoms with van der Waals surface area (Å²) < 4.78 is 23.5. The Morgan fingerprint density at radius 2 is 0.750 bits per heavy atom. The van der Waals surface area contributed by atoms with Gasteiger partial charge in [0.05, 0.1) is 39.9 Å². The summed E-state index contributed by atoms with van der Waals surface area (Å²) >= 11 is 0. The number of nitrogens with zero attached hydrogens (tertiary/aromatic N) is 1. The molecule has 0 bridgehead atoms. The average molecular weight is 930 g/mol. The van der Waals surface area contributed by atoms with Crippen LogP contribution in [0.5, 0.6) is 0 Å². The van der Waals surface area contributed by atoms with Gasteiger partial charge < -0.3 is 19.8 Å². The van der Waals surface area contributed by atoms with Gasteiger partial charge in [0.2, 0.25) is 5.91 Å². The number of hydrogen-bond donors (Lipinski definition) is 3. The van der Waals surface area contributed by atoms with E-state index in [0.717, 1.165) is 38.5 Å². The monoisotopic (exact) mass is 930 g/mol. The summed E-state index contributed by atoms with van der Waals surface area (Å²) in [6.45, 7) is 4.86. The van der Waals surface area contributed by atoms with Crippen LogP contribution in [0.3, 0.4) is 0 Å². The first-order valence-corrected chi connectivity index (χ1v) is 29.9. The molecule has 0 aromatic heterocycles. The minimum absolute atomic E-state index is 0.0778. The first-order valence-electron chi connectivity index (χ1n) is 28.4. The molecule has 1 amide bonds. The Hall–Kier alpha value is -0.500. The largest absolute Gasteiger partial charge is 0.472 e. The fourth-order valence-corrected chi connectivity index (χ4v) is 9.61. The molecular weight excluding hydrogens is 816 g/mol. The van der Waals surface area contributed by atoms with E-state index in [1.165, 1.54) is 231 Å². The second kappa shape index (κ2) is 47.6. The first kappa shape index (κ1) is 63.5. The van der Waals surface area contributed by atoms with Crippen molar-refractivity contribution in [2.45, 2.75) is 309 Å². The maximum Gasteiger partial charge on any atom is 0.472 e. The van der Waals surface area contributed by atoms with Crippen molar-refractivity contribution in [1.29, 1.82) is 0 Å². The lowest BCUT2D eigenvalue weighted by Gasteiger charge is -2.26. The molecule has 3 atom stereocenters. The highest BCUT2D eigenvalue weighted by atomic mass is 31.2. The Balaban J connectivity index is 3.69. The molecule has 8 nitrogen and oxygen atoms in total. The third-order valence-corrected chi connectivity index (χ3v) is 14.3. The summed E-state index contributed by atoms with van der Waals surface area (Å²) in [6.07, 6.45) is 56.6. The number of carbonyl (C=O) groups excluding carboxylic acids is 1. The Kier molecular flexibility index (Phi) is 47.2. The number of rotatable bonds is 53. The summed E-state index contributed by atoms with van der Waals surface area (Å²) in [6, 6.07) is -0.751. The van der Waals surface area contributed by atoms with E-state index < -0.39 is 20.0 Å². The number of aliphatic hydroxyl groups is 1. The Morgan fingerprint density at radius 1 is 0.469 bits per heavy atom. The van der Waals surface area contributed by atoms with Crippen molar-refractivity contribution < 1.29 is 32.9 Å². The molecule has 0 fully saturated rings. The summed E-state index contributed by atoms with van der Waals surface area (Å²) in [5.74, 6) is -0.143. The lowest BCUT2D eigenvalue weighted by molar-refractivity contribution is -0.870. The Bertz CT molecular complexity index is 1010. The van der Waals surface area contributed by atoms with Crippen LogP contribution in [0.25, 0.3) is 0 Å². The lowest BCUT2D eigenvalue weighted by Crippen LogP contribution is -2.46. The van der Waals surface area contributed by atoms with Crippen LogP contribution in [-0.2, 0) is 18.4 Å². The molecule has 0 aliphatic carbocycles. The quantitative estimate of drug-likeness (QED) is 0.0319. The number of quaternary nitrogens is 1. The van der Waals surface area contributed by atoms with Crippen molar-refractivity contribution in [3.63, 3.8) is 0 Å². The van der Waals surface area contributed by atoms with Crippen molar-refractivity contribution in [2.24, 2.45) is 0 Å². The van der Waals surface area contributed by atoms with Crippen molar-refractivity contribution in [1.82, 2.24) is 5.32 Å². The number of nitrogens with one attached hydrogen (secondary N) is 1. The maximum atomic E-state index is 12.9. The average Bonchev–Trinajstić information content (AvgIpc) is 3.25. The van der Waals surface area contributed by atoms with Gasteiger partial charge in [0.1, 0.15) is 13.2 Å². The molecule has 0 aliphatic heterocycles. The number of likely N-dealkylation sites (N-methyl/N-ethyl adjacent to an activating group) is 1. The van der Waals surface area contributed by atoms with Crippen molar-refractivity contribution in [3.8, 4) is 0 Å². The molecule has 0 spiro atoms. The molecule has 384 valence electrons. The number of amides is 1. The molecule has 3 unspecified atom stereocenters. The molecule has 9 heteroatoms. The summed E-state index contributed by atoms with van der Waals surface area (Å²) in [5, 5.41) is 13.8. The van der Waals surface area contributed by atoms with Gasteiger partial charge in [-0.05, 0) is 12.8 Å². The van der Waals surface area contributed by atoms with E-state index in [2.05, 4.69) is 19.2 Å². The lowest BCUT2D eigenvalue weighted by atomic mass is 10.0. The van der Waals surface area contributed by atoms with E-state index in [4.69, 9.17) is 9.05 Å². The van der Waals surface area contributed by atoms with Crippen molar-refractivity contribution >= 4 is 13.7 Å². The predicted octanol–water partition coefficient (Wildman–Crippen LogP) is 16.9. The molecule has 0 saturated carbocycles. The van der Waals surface area contributed by atoms with E-state index in [0.29, 0.717) is 23.9 Å². The van der Waals surface area contributed by atoms with Crippen molar-refractivity contribution in [2.75, 3.05) is 40.9 Å². The van der Waals surface area contributed by atoms with Crippen molar-refractivity contribution in [3.05, 3.63) is 0 Å². The van der Waals surface area contributed by atoms with Crippen LogP contribution in [0.1, 0.15) is 296 Å². The molecule has 0 heterocycles. The van der Waals surface area contributed by atoms with Gasteiger partial charge >= 0.3 is 7.82 Å². The molecule has 64 heavy (non-hydrogen) atoms. The van der Waals surface area contributed by atoms with E-state index >= 15 is 0 Å². The zero-order chi connectivity index (χ0) is 47.1. The standard InChI is InChI=1S/C55H113N2O6P/c1-6-8-10-12-14-15-16-17-18-19-20-21-22-23-24-25-26-27-28-29-30-31-32-33-34-35-36-37-38-39-40-41-42-43-45-47-49-55(59)56-53(54(58)48-46-44-13-11-9-7-2)52-63-64(60,61)62-51-50-57(3,4)5/h53-54,58H,6-52H2,1-5H3,(H-,56,59,60,61)/p+1. The fourth-order valence-electron chi connectivity index (χ4n) is 8.87. The van der Waals surface area contributed by atoms with Crippen LogP contribution in [0, 0.1) is 0 Å². The summed E-state index contributed by atoms with van der Waals surface area (Å²) in [4.78, 5) is 23.1. The van der Waals surface area contributed by atoms with E-state index in [1.54, 1.807) is 0 Å². The second-order valence-corrected chi connectivity index (χ2v) is 22.5. The molecule has 0 rings (SSSR count). The van der Waals surface area contributed by atoms with Gasteiger partial charge in [0.25, 0.3) is 0 Å². The van der Waals surface area contributed by atoms with E-state index in [9.17, 15) is 19.4 Å².